The van der Waals surface area contributed by atoms with E-state index in [1.54, 1.807) is 24.5 Å². The highest BCUT2D eigenvalue weighted by atomic mass is 16.4. The zero-order valence-electron chi connectivity index (χ0n) is 9.82. The van der Waals surface area contributed by atoms with Gasteiger partial charge in [0.15, 0.2) is 0 Å². The number of carboxylic acid groups (broad SMARTS) is 1. The zero-order chi connectivity index (χ0) is 13.2. The van der Waals surface area contributed by atoms with Crippen LogP contribution in [0.3, 0.4) is 0 Å². The summed E-state index contributed by atoms with van der Waals surface area (Å²) in [7, 11) is 0. The monoisotopic (exact) mass is 251 g/mol. The summed E-state index contributed by atoms with van der Waals surface area (Å²) in [4.78, 5) is 23.1. The summed E-state index contributed by atoms with van der Waals surface area (Å²) in [5, 5.41) is 8.94. The van der Waals surface area contributed by atoms with Crippen molar-refractivity contribution in [2.24, 2.45) is 0 Å². The maximum Gasteiger partial charge on any atom is 0.354 e. The topological polar surface area (TPSA) is 76.0 Å². The van der Waals surface area contributed by atoms with Gasteiger partial charge in [0.1, 0.15) is 5.69 Å². The van der Waals surface area contributed by atoms with Crippen LogP contribution in [0.5, 0.6) is 0 Å². The van der Waals surface area contributed by atoms with Crippen molar-refractivity contribution in [1.82, 2.24) is 15.0 Å². The molecule has 0 aliphatic carbocycles. The van der Waals surface area contributed by atoms with Gasteiger partial charge in [-0.05, 0) is 35.4 Å². The second-order valence-corrected chi connectivity index (χ2v) is 3.99. The normalized spacial score (nSPS) is 10.5. The van der Waals surface area contributed by atoms with Gasteiger partial charge in [-0.1, -0.05) is 6.07 Å². The molecule has 0 atom stereocenters. The number of pyridine rings is 1. The average Bonchev–Trinajstić information content (AvgIpc) is 2.47. The first-order chi connectivity index (χ1) is 9.24. The molecule has 0 bridgehead atoms. The summed E-state index contributed by atoms with van der Waals surface area (Å²) in [5.41, 5.74) is 3.28. The van der Waals surface area contributed by atoms with E-state index in [-0.39, 0.29) is 5.69 Å². The number of carbonyl (C=O) groups is 1. The van der Waals surface area contributed by atoms with Crippen LogP contribution in [-0.4, -0.2) is 26.0 Å². The molecule has 1 N–H and O–H groups in total. The van der Waals surface area contributed by atoms with E-state index in [1.165, 1.54) is 6.20 Å². The van der Waals surface area contributed by atoms with Crippen molar-refractivity contribution in [3.8, 4) is 11.1 Å². The molecule has 1 aromatic carbocycles. The van der Waals surface area contributed by atoms with Crippen LogP contribution in [0.15, 0.2) is 48.9 Å². The maximum atomic E-state index is 10.9. The van der Waals surface area contributed by atoms with E-state index < -0.39 is 5.97 Å². The predicted octanol–water partition coefficient (Wildman–Crippen LogP) is 2.39. The Morgan fingerprint density at radius 1 is 0.842 bits per heavy atom. The SMILES string of the molecule is O=C(O)c1cc(-c2ccc3nccnc3c2)ccn1. The van der Waals surface area contributed by atoms with E-state index in [2.05, 4.69) is 15.0 Å². The second kappa shape index (κ2) is 4.45. The number of carboxylic acids is 1. The summed E-state index contributed by atoms with van der Waals surface area (Å²) >= 11 is 0. The Balaban J connectivity index is 2.13. The quantitative estimate of drug-likeness (QED) is 0.756. The van der Waals surface area contributed by atoms with Crippen molar-refractivity contribution >= 4 is 17.0 Å². The van der Waals surface area contributed by atoms with Crippen LogP contribution >= 0.6 is 0 Å². The fourth-order valence-electron chi connectivity index (χ4n) is 1.87. The lowest BCUT2D eigenvalue weighted by Gasteiger charge is -2.03. The predicted molar refractivity (Wildman–Crippen MR) is 69.7 cm³/mol. The van der Waals surface area contributed by atoms with Crippen LogP contribution in [0.2, 0.25) is 0 Å². The van der Waals surface area contributed by atoms with Gasteiger partial charge in [-0.15, -0.1) is 0 Å². The maximum absolute atomic E-state index is 10.9. The number of fused-ring (bicyclic) bond motifs is 1. The van der Waals surface area contributed by atoms with Crippen molar-refractivity contribution < 1.29 is 9.90 Å². The molecule has 2 heterocycles. The van der Waals surface area contributed by atoms with Gasteiger partial charge in [0.05, 0.1) is 11.0 Å². The fraction of sp³-hybridized carbons (Fsp3) is 0. The van der Waals surface area contributed by atoms with Gasteiger partial charge in [0, 0.05) is 18.6 Å². The molecule has 19 heavy (non-hydrogen) atoms. The molecule has 0 unspecified atom stereocenters. The average molecular weight is 251 g/mol. The Hall–Kier alpha value is -2.82. The first-order valence-electron chi connectivity index (χ1n) is 5.64. The standard InChI is InChI=1S/C14H9N3O2/c18-14(19)13-8-10(3-4-15-13)9-1-2-11-12(7-9)17-6-5-16-11/h1-8H,(H,18,19). The van der Waals surface area contributed by atoms with Gasteiger partial charge in [0.2, 0.25) is 0 Å². The number of nitrogens with zero attached hydrogens (tertiary/aromatic N) is 3. The van der Waals surface area contributed by atoms with Crippen molar-refractivity contribution in [3.05, 3.63) is 54.6 Å². The van der Waals surface area contributed by atoms with Crippen LogP contribution in [-0.2, 0) is 0 Å². The Morgan fingerprint density at radius 2 is 1.58 bits per heavy atom. The molecule has 0 spiro atoms. The van der Waals surface area contributed by atoms with Crippen molar-refractivity contribution in [2.45, 2.75) is 0 Å². The minimum absolute atomic E-state index is 0.0248. The number of hydrogen-bond acceptors (Lipinski definition) is 4. The lowest BCUT2D eigenvalue weighted by atomic mass is 10.1. The largest absolute Gasteiger partial charge is 0.477 e. The van der Waals surface area contributed by atoms with Crippen molar-refractivity contribution in [1.29, 1.82) is 0 Å². The van der Waals surface area contributed by atoms with Gasteiger partial charge < -0.3 is 5.11 Å². The van der Waals surface area contributed by atoms with E-state index >= 15 is 0 Å². The van der Waals surface area contributed by atoms with Crippen molar-refractivity contribution in [3.63, 3.8) is 0 Å². The molecule has 3 aromatic rings. The summed E-state index contributed by atoms with van der Waals surface area (Å²) in [6.45, 7) is 0. The van der Waals surface area contributed by atoms with Gasteiger partial charge in [-0.25, -0.2) is 9.78 Å². The van der Waals surface area contributed by atoms with Gasteiger partial charge in [-0.2, -0.15) is 0 Å². The summed E-state index contributed by atoms with van der Waals surface area (Å²) in [5.74, 6) is -1.04. The van der Waals surface area contributed by atoms with Crippen molar-refractivity contribution in [2.75, 3.05) is 0 Å². The summed E-state index contributed by atoms with van der Waals surface area (Å²) in [6, 6.07) is 8.93. The van der Waals surface area contributed by atoms with Crippen LogP contribution in [0.25, 0.3) is 22.2 Å². The highest BCUT2D eigenvalue weighted by molar-refractivity contribution is 5.88. The van der Waals surface area contributed by atoms with Crippen LogP contribution in [0, 0.1) is 0 Å². The molecule has 0 aliphatic heterocycles. The van der Waals surface area contributed by atoms with E-state index in [0.717, 1.165) is 22.2 Å². The molecule has 0 fully saturated rings. The molecule has 0 amide bonds. The molecule has 92 valence electrons. The zero-order valence-corrected chi connectivity index (χ0v) is 9.82. The molecule has 0 saturated carbocycles. The van der Waals surface area contributed by atoms with Crippen LogP contribution in [0.1, 0.15) is 10.5 Å². The van der Waals surface area contributed by atoms with E-state index in [9.17, 15) is 4.79 Å². The Bertz CT molecular complexity index is 771. The molecular weight excluding hydrogens is 242 g/mol. The van der Waals surface area contributed by atoms with Crippen LogP contribution < -0.4 is 0 Å². The number of aromatic nitrogens is 3. The fourth-order valence-corrected chi connectivity index (χ4v) is 1.87. The molecule has 2 aromatic heterocycles. The smallest absolute Gasteiger partial charge is 0.354 e. The second-order valence-electron chi connectivity index (χ2n) is 3.99. The Kier molecular flexibility index (Phi) is 2.64. The summed E-state index contributed by atoms with van der Waals surface area (Å²) in [6.07, 6.45) is 4.75. The van der Waals surface area contributed by atoms with Crippen LogP contribution in [0.4, 0.5) is 0 Å². The number of rotatable bonds is 2. The molecule has 0 saturated heterocycles. The minimum atomic E-state index is -1.04. The summed E-state index contributed by atoms with van der Waals surface area (Å²) < 4.78 is 0. The third kappa shape index (κ3) is 2.13. The lowest BCUT2D eigenvalue weighted by molar-refractivity contribution is 0.0690. The van der Waals surface area contributed by atoms with Gasteiger partial charge in [-0.3, -0.25) is 9.97 Å². The van der Waals surface area contributed by atoms with Gasteiger partial charge >= 0.3 is 5.97 Å². The number of benzene rings is 1. The Labute approximate surface area is 108 Å². The Morgan fingerprint density at radius 3 is 2.37 bits per heavy atom. The molecule has 0 radical (unpaired) electrons. The molecule has 3 rings (SSSR count). The van der Waals surface area contributed by atoms with E-state index in [4.69, 9.17) is 5.11 Å². The number of hydrogen-bond donors (Lipinski definition) is 1. The molecule has 5 nitrogen and oxygen atoms in total. The number of aromatic carboxylic acids is 1. The third-order valence-electron chi connectivity index (χ3n) is 2.78. The first-order valence-corrected chi connectivity index (χ1v) is 5.64. The highest BCUT2D eigenvalue weighted by Gasteiger charge is 2.07. The lowest BCUT2D eigenvalue weighted by Crippen LogP contribution is -1.99. The molecule has 5 heteroatoms. The molecule has 0 aliphatic rings. The first kappa shape index (κ1) is 11.3. The molecular formula is C14H9N3O2. The highest BCUT2D eigenvalue weighted by Crippen LogP contribution is 2.22. The van der Waals surface area contributed by atoms with E-state index in [1.807, 2.05) is 18.2 Å². The van der Waals surface area contributed by atoms with Gasteiger partial charge in [0.25, 0.3) is 0 Å². The van der Waals surface area contributed by atoms with E-state index in [0.29, 0.717) is 0 Å². The third-order valence-corrected chi connectivity index (χ3v) is 2.78. The minimum Gasteiger partial charge on any atom is -0.477 e.